The third kappa shape index (κ3) is 3.78. The van der Waals surface area contributed by atoms with Gasteiger partial charge in [0.05, 0.1) is 6.42 Å². The highest BCUT2D eigenvalue weighted by Gasteiger charge is 2.03. The summed E-state index contributed by atoms with van der Waals surface area (Å²) in [5, 5.41) is 16.9. The van der Waals surface area contributed by atoms with E-state index in [1.165, 1.54) is 12.1 Å². The monoisotopic (exact) mass is 210 g/mol. The van der Waals surface area contributed by atoms with Crippen molar-refractivity contribution in [2.75, 3.05) is 6.61 Å². The van der Waals surface area contributed by atoms with Gasteiger partial charge in [0.1, 0.15) is 12.4 Å². The molecule has 5 heteroatoms. The summed E-state index contributed by atoms with van der Waals surface area (Å²) in [7, 11) is 0. The number of aliphatic hydroxyl groups is 1. The zero-order valence-corrected chi connectivity index (χ0v) is 7.84. The first-order valence-electron chi connectivity index (χ1n) is 4.24. The van der Waals surface area contributed by atoms with Crippen molar-refractivity contribution in [1.29, 1.82) is 0 Å². The van der Waals surface area contributed by atoms with E-state index < -0.39 is 18.5 Å². The van der Waals surface area contributed by atoms with Crippen LogP contribution in [0, 0.1) is 0 Å². The normalized spacial score (nSPS) is 9.67. The zero-order valence-electron chi connectivity index (χ0n) is 7.84. The number of carbonyl (C=O) groups is 2. The standard InChI is InChI=1S/C10H10O5/c11-6-10(14)15-8-3-1-7(2-4-8)5-9(12)13/h1-4,11H,5-6H2,(H,12,13). The first kappa shape index (κ1) is 11.2. The maximum atomic E-state index is 10.7. The average Bonchev–Trinajstić information content (AvgIpc) is 2.20. The Labute approximate surface area is 85.9 Å². The van der Waals surface area contributed by atoms with E-state index in [-0.39, 0.29) is 12.2 Å². The Bertz CT molecular complexity index is 355. The quantitative estimate of drug-likeness (QED) is 0.548. The number of benzene rings is 1. The molecule has 0 aliphatic rings. The lowest BCUT2D eigenvalue weighted by atomic mass is 10.1. The van der Waals surface area contributed by atoms with Crippen LogP contribution in [0.25, 0.3) is 0 Å². The van der Waals surface area contributed by atoms with Gasteiger partial charge in [-0.2, -0.15) is 0 Å². The highest BCUT2D eigenvalue weighted by molar-refractivity contribution is 5.73. The number of carboxylic acids is 1. The molecule has 0 unspecified atom stereocenters. The molecule has 0 saturated carbocycles. The summed E-state index contributed by atoms with van der Waals surface area (Å²) in [6, 6.07) is 6.06. The van der Waals surface area contributed by atoms with Crippen LogP contribution in [0.1, 0.15) is 5.56 Å². The van der Waals surface area contributed by atoms with Gasteiger partial charge in [0.2, 0.25) is 0 Å². The van der Waals surface area contributed by atoms with Crippen molar-refractivity contribution in [2.45, 2.75) is 6.42 Å². The minimum atomic E-state index is -0.921. The SMILES string of the molecule is O=C(O)Cc1ccc(OC(=O)CO)cc1. The lowest BCUT2D eigenvalue weighted by Gasteiger charge is -2.02. The fraction of sp³-hybridized carbons (Fsp3) is 0.200. The summed E-state index contributed by atoms with van der Waals surface area (Å²) in [5.41, 5.74) is 0.617. The molecular weight excluding hydrogens is 200 g/mol. The predicted molar refractivity (Wildman–Crippen MR) is 50.5 cm³/mol. The predicted octanol–water partition coefficient (Wildman–Crippen LogP) is 0.211. The highest BCUT2D eigenvalue weighted by atomic mass is 16.5. The minimum absolute atomic E-state index is 0.0752. The fourth-order valence-electron chi connectivity index (χ4n) is 1.01. The summed E-state index contributed by atoms with van der Waals surface area (Å²) in [4.78, 5) is 21.0. The van der Waals surface area contributed by atoms with E-state index in [9.17, 15) is 9.59 Å². The molecule has 1 aromatic rings. The van der Waals surface area contributed by atoms with Crippen molar-refractivity contribution in [2.24, 2.45) is 0 Å². The average molecular weight is 210 g/mol. The summed E-state index contributed by atoms with van der Waals surface area (Å²) in [6.07, 6.45) is -0.0752. The van der Waals surface area contributed by atoms with E-state index in [1.54, 1.807) is 12.1 Å². The van der Waals surface area contributed by atoms with Gasteiger partial charge in [0.25, 0.3) is 0 Å². The van der Waals surface area contributed by atoms with E-state index in [2.05, 4.69) is 4.74 Å². The van der Waals surface area contributed by atoms with E-state index in [1.807, 2.05) is 0 Å². The van der Waals surface area contributed by atoms with Crippen molar-refractivity contribution in [3.05, 3.63) is 29.8 Å². The van der Waals surface area contributed by atoms with Crippen molar-refractivity contribution in [3.8, 4) is 5.75 Å². The molecule has 0 amide bonds. The van der Waals surface area contributed by atoms with Crippen molar-refractivity contribution < 1.29 is 24.5 Å². The number of carbonyl (C=O) groups excluding carboxylic acids is 1. The third-order valence-electron chi connectivity index (χ3n) is 1.64. The molecule has 0 aliphatic heterocycles. The van der Waals surface area contributed by atoms with Gasteiger partial charge in [0.15, 0.2) is 0 Å². The number of hydrogen-bond donors (Lipinski definition) is 2. The smallest absolute Gasteiger partial charge is 0.337 e. The van der Waals surface area contributed by atoms with Gasteiger partial charge < -0.3 is 14.9 Å². The van der Waals surface area contributed by atoms with Gasteiger partial charge >= 0.3 is 11.9 Å². The van der Waals surface area contributed by atoms with Gasteiger partial charge in [0, 0.05) is 0 Å². The van der Waals surface area contributed by atoms with Crippen LogP contribution in [0.5, 0.6) is 5.75 Å². The molecule has 0 aliphatic carbocycles. The minimum Gasteiger partial charge on any atom is -0.481 e. The van der Waals surface area contributed by atoms with Crippen LogP contribution in [-0.2, 0) is 16.0 Å². The first-order valence-corrected chi connectivity index (χ1v) is 4.24. The van der Waals surface area contributed by atoms with E-state index in [0.717, 1.165) is 0 Å². The lowest BCUT2D eigenvalue weighted by molar-refractivity contribution is -0.138. The number of carboxylic acid groups (broad SMARTS) is 1. The van der Waals surface area contributed by atoms with Crippen molar-refractivity contribution in [1.82, 2.24) is 0 Å². The molecule has 2 N–H and O–H groups in total. The van der Waals surface area contributed by atoms with E-state index in [0.29, 0.717) is 5.56 Å². The molecule has 80 valence electrons. The molecule has 15 heavy (non-hydrogen) atoms. The fourth-order valence-corrected chi connectivity index (χ4v) is 1.01. The Morgan fingerprint density at radius 1 is 1.20 bits per heavy atom. The number of rotatable bonds is 4. The maximum absolute atomic E-state index is 10.7. The van der Waals surface area contributed by atoms with Crippen LogP contribution in [0.3, 0.4) is 0 Å². The number of aliphatic hydroxyl groups excluding tert-OH is 1. The van der Waals surface area contributed by atoms with Crippen LogP contribution >= 0.6 is 0 Å². The molecule has 0 bridgehead atoms. The Morgan fingerprint density at radius 2 is 1.80 bits per heavy atom. The Hall–Kier alpha value is -1.88. The molecule has 0 saturated heterocycles. The van der Waals surface area contributed by atoms with Crippen LogP contribution in [0.4, 0.5) is 0 Å². The first-order chi connectivity index (χ1) is 7.11. The summed E-state index contributed by atoms with van der Waals surface area (Å²) in [5.74, 6) is -1.39. The molecular formula is C10H10O5. The van der Waals surface area contributed by atoms with Gasteiger partial charge in [-0.05, 0) is 17.7 Å². The molecule has 1 aromatic carbocycles. The van der Waals surface area contributed by atoms with Gasteiger partial charge in [-0.1, -0.05) is 12.1 Å². The molecule has 0 atom stereocenters. The van der Waals surface area contributed by atoms with Gasteiger partial charge in [-0.3, -0.25) is 4.79 Å². The van der Waals surface area contributed by atoms with Crippen LogP contribution in [-0.4, -0.2) is 28.8 Å². The summed E-state index contributed by atoms with van der Waals surface area (Å²) in [6.45, 7) is -0.684. The van der Waals surface area contributed by atoms with E-state index >= 15 is 0 Å². The second-order valence-corrected chi connectivity index (χ2v) is 2.85. The molecule has 0 radical (unpaired) electrons. The van der Waals surface area contributed by atoms with E-state index in [4.69, 9.17) is 10.2 Å². The maximum Gasteiger partial charge on any atom is 0.337 e. The molecule has 0 fully saturated rings. The summed E-state index contributed by atoms with van der Waals surface area (Å²) >= 11 is 0. The molecule has 0 heterocycles. The second kappa shape index (κ2) is 5.11. The van der Waals surface area contributed by atoms with Gasteiger partial charge in [-0.25, -0.2) is 4.79 Å². The number of hydrogen-bond acceptors (Lipinski definition) is 4. The molecule has 1 rings (SSSR count). The summed E-state index contributed by atoms with van der Waals surface area (Å²) < 4.78 is 4.69. The van der Waals surface area contributed by atoms with Crippen molar-refractivity contribution >= 4 is 11.9 Å². The molecule has 0 spiro atoms. The van der Waals surface area contributed by atoms with Crippen LogP contribution in [0.2, 0.25) is 0 Å². The number of aliphatic carboxylic acids is 1. The van der Waals surface area contributed by atoms with Crippen molar-refractivity contribution in [3.63, 3.8) is 0 Å². The number of ether oxygens (including phenoxy) is 1. The Kier molecular flexibility index (Phi) is 3.82. The highest BCUT2D eigenvalue weighted by Crippen LogP contribution is 2.12. The molecule has 0 aromatic heterocycles. The Balaban J connectivity index is 2.64. The zero-order chi connectivity index (χ0) is 11.3. The lowest BCUT2D eigenvalue weighted by Crippen LogP contribution is -2.12. The second-order valence-electron chi connectivity index (χ2n) is 2.85. The topological polar surface area (TPSA) is 83.8 Å². The van der Waals surface area contributed by atoms with Crippen LogP contribution < -0.4 is 4.74 Å². The van der Waals surface area contributed by atoms with Crippen LogP contribution in [0.15, 0.2) is 24.3 Å². The Morgan fingerprint density at radius 3 is 2.27 bits per heavy atom. The largest absolute Gasteiger partial charge is 0.481 e. The molecule has 5 nitrogen and oxygen atoms in total. The number of esters is 1. The third-order valence-corrected chi connectivity index (χ3v) is 1.64. The van der Waals surface area contributed by atoms with Gasteiger partial charge in [-0.15, -0.1) is 0 Å².